The molecule has 106 valence electrons. The molecule has 0 saturated heterocycles. The Hall–Kier alpha value is -1.82. The van der Waals surface area contributed by atoms with Crippen molar-refractivity contribution < 1.29 is 19.1 Å². The van der Waals surface area contributed by atoms with Gasteiger partial charge in [0.15, 0.2) is 5.76 Å². The molecule has 2 amide bonds. The maximum atomic E-state index is 11.9. The number of aliphatic hydroxyl groups is 1. The van der Waals surface area contributed by atoms with Gasteiger partial charge in [-0.2, -0.15) is 0 Å². The average molecular weight is 268 g/mol. The third-order valence-corrected chi connectivity index (χ3v) is 2.81. The van der Waals surface area contributed by atoms with Crippen LogP contribution in [0.2, 0.25) is 0 Å². The van der Waals surface area contributed by atoms with E-state index < -0.39 is 11.9 Å². The Balaban J connectivity index is 2.51. The molecule has 0 spiro atoms. The number of carbonyl (C=O) groups excluding carboxylic acids is 2. The zero-order chi connectivity index (χ0) is 14.4. The summed E-state index contributed by atoms with van der Waals surface area (Å²) in [5.74, 6) is -0.519. The van der Waals surface area contributed by atoms with Crippen LogP contribution < -0.4 is 10.6 Å². The fourth-order valence-electron chi connectivity index (χ4n) is 1.47. The number of hydrogen-bond acceptors (Lipinski definition) is 4. The second-order valence-electron chi connectivity index (χ2n) is 4.71. The number of hydrogen-bond donors (Lipinski definition) is 3. The number of rotatable bonds is 6. The Morgan fingerprint density at radius 2 is 2.00 bits per heavy atom. The molecule has 6 nitrogen and oxygen atoms in total. The van der Waals surface area contributed by atoms with Crippen molar-refractivity contribution in [1.82, 2.24) is 10.6 Å². The Labute approximate surface area is 112 Å². The molecule has 2 atom stereocenters. The van der Waals surface area contributed by atoms with Gasteiger partial charge in [-0.1, -0.05) is 13.8 Å². The van der Waals surface area contributed by atoms with Crippen LogP contribution in [0.15, 0.2) is 22.8 Å². The zero-order valence-electron chi connectivity index (χ0n) is 11.3. The third-order valence-electron chi connectivity index (χ3n) is 2.81. The van der Waals surface area contributed by atoms with E-state index in [4.69, 9.17) is 9.52 Å². The lowest BCUT2D eigenvalue weighted by molar-refractivity contribution is -0.124. The first-order valence-corrected chi connectivity index (χ1v) is 6.21. The first kappa shape index (κ1) is 15.2. The monoisotopic (exact) mass is 268 g/mol. The quantitative estimate of drug-likeness (QED) is 0.702. The van der Waals surface area contributed by atoms with Gasteiger partial charge in [-0.05, 0) is 25.0 Å². The average Bonchev–Trinajstić information content (AvgIpc) is 2.88. The standard InChI is InChI=1S/C13H20N2O4/c1-8(2)10(7-16)15-12(17)9(3)14-13(18)11-5-4-6-19-11/h4-6,8-10,16H,7H2,1-3H3,(H,14,18)(H,15,17)/t9?,10-/m1/s1. The molecule has 1 heterocycles. The lowest BCUT2D eigenvalue weighted by atomic mass is 10.1. The van der Waals surface area contributed by atoms with E-state index in [-0.39, 0.29) is 30.2 Å². The van der Waals surface area contributed by atoms with E-state index in [1.54, 1.807) is 13.0 Å². The van der Waals surface area contributed by atoms with Crippen LogP contribution in [0.5, 0.6) is 0 Å². The third kappa shape index (κ3) is 4.40. The fraction of sp³-hybridized carbons (Fsp3) is 0.538. The maximum absolute atomic E-state index is 11.9. The molecule has 1 aromatic rings. The molecule has 0 saturated carbocycles. The molecule has 0 aliphatic rings. The topological polar surface area (TPSA) is 91.6 Å². The normalized spacial score (nSPS) is 13.9. The summed E-state index contributed by atoms with van der Waals surface area (Å²) < 4.78 is 4.93. The minimum atomic E-state index is -0.703. The highest BCUT2D eigenvalue weighted by Gasteiger charge is 2.21. The number of aliphatic hydroxyl groups excluding tert-OH is 1. The van der Waals surface area contributed by atoms with Gasteiger partial charge in [0.05, 0.1) is 18.9 Å². The van der Waals surface area contributed by atoms with Crippen molar-refractivity contribution >= 4 is 11.8 Å². The molecule has 0 aromatic carbocycles. The molecule has 1 aromatic heterocycles. The van der Waals surface area contributed by atoms with Crippen molar-refractivity contribution in [2.24, 2.45) is 5.92 Å². The van der Waals surface area contributed by atoms with E-state index in [0.29, 0.717) is 0 Å². The molecular weight excluding hydrogens is 248 g/mol. The first-order chi connectivity index (χ1) is 8.95. The van der Waals surface area contributed by atoms with Gasteiger partial charge in [0.1, 0.15) is 6.04 Å². The van der Waals surface area contributed by atoms with Gasteiger partial charge >= 0.3 is 0 Å². The van der Waals surface area contributed by atoms with Gasteiger partial charge in [0.2, 0.25) is 5.91 Å². The minimum absolute atomic E-state index is 0.113. The van der Waals surface area contributed by atoms with Crippen molar-refractivity contribution in [2.75, 3.05) is 6.61 Å². The molecule has 0 aliphatic carbocycles. The Morgan fingerprint density at radius 3 is 2.47 bits per heavy atom. The molecule has 1 unspecified atom stereocenters. The largest absolute Gasteiger partial charge is 0.459 e. The summed E-state index contributed by atoms with van der Waals surface area (Å²) in [6.07, 6.45) is 1.39. The van der Waals surface area contributed by atoms with Crippen molar-refractivity contribution in [3.63, 3.8) is 0 Å². The summed E-state index contributed by atoms with van der Waals surface area (Å²) >= 11 is 0. The Bertz CT molecular complexity index is 414. The Kier molecular flexibility index (Phi) is 5.57. The van der Waals surface area contributed by atoms with E-state index in [9.17, 15) is 9.59 Å². The zero-order valence-corrected chi connectivity index (χ0v) is 11.3. The number of furan rings is 1. The fourth-order valence-corrected chi connectivity index (χ4v) is 1.47. The van der Waals surface area contributed by atoms with E-state index >= 15 is 0 Å². The van der Waals surface area contributed by atoms with Gasteiger partial charge in [-0.25, -0.2) is 0 Å². The lowest BCUT2D eigenvalue weighted by Crippen LogP contribution is -2.50. The van der Waals surface area contributed by atoms with Crippen molar-refractivity contribution in [2.45, 2.75) is 32.9 Å². The smallest absolute Gasteiger partial charge is 0.287 e. The van der Waals surface area contributed by atoms with E-state index in [0.717, 1.165) is 0 Å². The van der Waals surface area contributed by atoms with Crippen molar-refractivity contribution in [3.8, 4) is 0 Å². The highest BCUT2D eigenvalue weighted by Crippen LogP contribution is 2.02. The molecule has 3 N–H and O–H groups in total. The molecule has 1 rings (SSSR count). The van der Waals surface area contributed by atoms with Crippen LogP contribution in [0.3, 0.4) is 0 Å². The van der Waals surface area contributed by atoms with Gasteiger partial charge in [-0.3, -0.25) is 9.59 Å². The number of nitrogens with one attached hydrogen (secondary N) is 2. The lowest BCUT2D eigenvalue weighted by Gasteiger charge is -2.22. The van der Waals surface area contributed by atoms with Crippen LogP contribution in [-0.2, 0) is 4.79 Å². The van der Waals surface area contributed by atoms with Crippen LogP contribution >= 0.6 is 0 Å². The SMILES string of the molecule is CC(NC(=O)c1ccco1)C(=O)N[C@H](CO)C(C)C. The minimum Gasteiger partial charge on any atom is -0.459 e. The summed E-state index contributed by atoms with van der Waals surface area (Å²) in [4.78, 5) is 23.5. The predicted octanol–water partition coefficient (Wildman–Crippen LogP) is 0.531. The van der Waals surface area contributed by atoms with Gasteiger partial charge in [-0.15, -0.1) is 0 Å². The molecular formula is C13H20N2O4. The number of carbonyl (C=O) groups is 2. The Morgan fingerprint density at radius 1 is 1.32 bits per heavy atom. The summed E-state index contributed by atoms with van der Waals surface area (Å²) in [5.41, 5.74) is 0. The molecule has 0 fully saturated rings. The first-order valence-electron chi connectivity index (χ1n) is 6.21. The van der Waals surface area contributed by atoms with E-state index in [2.05, 4.69) is 10.6 Å². The summed E-state index contributed by atoms with van der Waals surface area (Å²) in [6, 6.07) is 2.09. The summed E-state index contributed by atoms with van der Waals surface area (Å²) in [7, 11) is 0. The van der Waals surface area contributed by atoms with E-state index in [1.165, 1.54) is 12.3 Å². The predicted molar refractivity (Wildman–Crippen MR) is 69.5 cm³/mol. The van der Waals surface area contributed by atoms with E-state index in [1.807, 2.05) is 13.8 Å². The second-order valence-corrected chi connectivity index (χ2v) is 4.71. The van der Waals surface area contributed by atoms with Crippen LogP contribution in [-0.4, -0.2) is 35.6 Å². The van der Waals surface area contributed by atoms with Gasteiger partial charge < -0.3 is 20.2 Å². The second kappa shape index (κ2) is 6.94. The van der Waals surface area contributed by atoms with Gasteiger partial charge in [0.25, 0.3) is 5.91 Å². The summed E-state index contributed by atoms with van der Waals surface area (Å²) in [6.45, 7) is 5.23. The molecule has 19 heavy (non-hydrogen) atoms. The van der Waals surface area contributed by atoms with Crippen molar-refractivity contribution in [3.05, 3.63) is 24.2 Å². The van der Waals surface area contributed by atoms with Gasteiger partial charge in [0, 0.05) is 0 Å². The van der Waals surface area contributed by atoms with Crippen LogP contribution in [0.1, 0.15) is 31.3 Å². The summed E-state index contributed by atoms with van der Waals surface area (Å²) in [5, 5.41) is 14.3. The molecule has 6 heteroatoms. The molecule has 0 radical (unpaired) electrons. The van der Waals surface area contributed by atoms with Crippen LogP contribution in [0, 0.1) is 5.92 Å². The van der Waals surface area contributed by atoms with Crippen LogP contribution in [0.4, 0.5) is 0 Å². The highest BCUT2D eigenvalue weighted by molar-refractivity contribution is 5.95. The highest BCUT2D eigenvalue weighted by atomic mass is 16.3. The maximum Gasteiger partial charge on any atom is 0.287 e. The van der Waals surface area contributed by atoms with Crippen LogP contribution in [0.25, 0.3) is 0 Å². The molecule has 0 aliphatic heterocycles. The van der Waals surface area contributed by atoms with Crippen molar-refractivity contribution in [1.29, 1.82) is 0 Å². The number of amides is 2. The molecule has 0 bridgehead atoms.